The fourth-order valence-corrected chi connectivity index (χ4v) is 7.36. The van der Waals surface area contributed by atoms with Crippen LogP contribution in [0.2, 0.25) is 0 Å². The van der Waals surface area contributed by atoms with Gasteiger partial charge in [-0.3, -0.25) is 4.79 Å². The van der Waals surface area contributed by atoms with Crippen LogP contribution in [0.5, 0.6) is 17.2 Å². The van der Waals surface area contributed by atoms with Gasteiger partial charge >= 0.3 is 0 Å². The monoisotopic (exact) mass is 493 g/mol. The van der Waals surface area contributed by atoms with Gasteiger partial charge in [-0.05, 0) is 71.8 Å². The average Bonchev–Trinajstić information content (AvgIpc) is 2.87. The Morgan fingerprint density at radius 3 is 2.11 bits per heavy atom. The van der Waals surface area contributed by atoms with Gasteiger partial charge in [-0.25, -0.2) is 0 Å². The largest absolute Gasteiger partial charge is 0.497 e. The number of benzene rings is 2. The summed E-state index contributed by atoms with van der Waals surface area (Å²) in [6.45, 7) is 10.2. The number of rotatable bonds is 8. The molecule has 4 rings (SSSR count). The molecule has 0 bridgehead atoms. The van der Waals surface area contributed by atoms with E-state index < -0.39 is 0 Å². The molecule has 2 aromatic rings. The van der Waals surface area contributed by atoms with Crippen molar-refractivity contribution in [3.05, 3.63) is 53.6 Å². The van der Waals surface area contributed by atoms with Crippen LogP contribution in [-0.4, -0.2) is 33.2 Å². The fourth-order valence-electron chi connectivity index (χ4n) is 7.36. The zero-order chi connectivity index (χ0) is 26.1. The van der Waals surface area contributed by atoms with Crippen molar-refractivity contribution in [2.24, 2.45) is 28.6 Å². The van der Waals surface area contributed by atoms with Gasteiger partial charge in [-0.15, -0.1) is 0 Å². The highest BCUT2D eigenvalue weighted by Crippen LogP contribution is 2.61. The van der Waals surface area contributed by atoms with E-state index in [4.69, 9.17) is 14.2 Å². The lowest BCUT2D eigenvalue weighted by Crippen LogP contribution is -2.60. The van der Waals surface area contributed by atoms with Crippen LogP contribution in [0.4, 0.5) is 0 Å². The number of ketones is 1. The Kier molecular flexibility index (Phi) is 7.70. The normalized spacial score (nSPS) is 29.2. The van der Waals surface area contributed by atoms with E-state index >= 15 is 0 Å². The average molecular weight is 494 g/mol. The van der Waals surface area contributed by atoms with E-state index in [-0.39, 0.29) is 34.5 Å². The lowest BCUT2D eigenvalue weighted by molar-refractivity contribution is -0.0917. The molecule has 2 aliphatic rings. The summed E-state index contributed by atoms with van der Waals surface area (Å²) in [6.07, 6.45) is 4.56. The molecule has 36 heavy (non-hydrogen) atoms. The van der Waals surface area contributed by atoms with Gasteiger partial charge in [0.2, 0.25) is 0 Å². The zero-order valence-electron chi connectivity index (χ0n) is 23.0. The maximum Gasteiger partial charge on any atom is 0.167 e. The highest BCUT2D eigenvalue weighted by atomic mass is 16.5. The second-order valence-corrected chi connectivity index (χ2v) is 11.8. The van der Waals surface area contributed by atoms with Crippen LogP contribution in [-0.2, 0) is 6.54 Å². The maximum atomic E-state index is 14.4. The van der Waals surface area contributed by atoms with E-state index in [9.17, 15) is 4.79 Å². The molecule has 0 spiro atoms. The van der Waals surface area contributed by atoms with Gasteiger partial charge in [0.15, 0.2) is 5.78 Å². The van der Waals surface area contributed by atoms with Crippen molar-refractivity contribution in [3.8, 4) is 17.2 Å². The minimum absolute atomic E-state index is 0.0488. The predicted octanol–water partition coefficient (Wildman–Crippen LogP) is 6.54. The van der Waals surface area contributed by atoms with Gasteiger partial charge < -0.3 is 19.5 Å². The SMILES string of the molecule is COc1ccc(CN[C@@H]2C[C@H]3C(C)(C)CCC[C@]3(C)[C@@H](C(=O)c3cc(OC)cc(OC)c3)[C@@H]2C)cc1. The molecule has 2 fully saturated rings. The minimum atomic E-state index is -0.0824. The first-order chi connectivity index (χ1) is 17.1. The summed E-state index contributed by atoms with van der Waals surface area (Å²) in [5.41, 5.74) is 2.05. The van der Waals surface area contributed by atoms with Crippen molar-refractivity contribution >= 4 is 5.78 Å². The predicted molar refractivity (Wildman–Crippen MR) is 144 cm³/mol. The third-order valence-electron chi connectivity index (χ3n) is 9.28. The Morgan fingerprint density at radius 2 is 1.53 bits per heavy atom. The molecule has 0 saturated heterocycles. The van der Waals surface area contributed by atoms with Crippen molar-refractivity contribution in [2.75, 3.05) is 21.3 Å². The topological polar surface area (TPSA) is 56.8 Å². The van der Waals surface area contributed by atoms with Crippen LogP contribution in [0.25, 0.3) is 0 Å². The highest BCUT2D eigenvalue weighted by molar-refractivity contribution is 5.99. The van der Waals surface area contributed by atoms with Crippen molar-refractivity contribution < 1.29 is 19.0 Å². The quantitative estimate of drug-likeness (QED) is 0.423. The molecule has 2 aromatic carbocycles. The van der Waals surface area contributed by atoms with Gasteiger partial charge in [-0.1, -0.05) is 46.2 Å². The lowest BCUT2D eigenvalue weighted by atomic mass is 9.45. The molecule has 0 unspecified atom stereocenters. The molecule has 2 saturated carbocycles. The van der Waals surface area contributed by atoms with Gasteiger partial charge in [0.1, 0.15) is 17.2 Å². The Morgan fingerprint density at radius 1 is 0.917 bits per heavy atom. The Hall–Kier alpha value is -2.53. The van der Waals surface area contributed by atoms with E-state index in [0.29, 0.717) is 23.0 Å². The van der Waals surface area contributed by atoms with Crippen molar-refractivity contribution in [3.63, 3.8) is 0 Å². The van der Waals surface area contributed by atoms with E-state index in [2.05, 4.69) is 45.1 Å². The number of ether oxygens (including phenoxy) is 3. The smallest absolute Gasteiger partial charge is 0.167 e. The number of fused-ring (bicyclic) bond motifs is 1. The number of carbonyl (C=O) groups excluding carboxylic acids is 1. The molecule has 0 radical (unpaired) electrons. The molecule has 1 N–H and O–H groups in total. The molecule has 5 heteroatoms. The molecule has 5 atom stereocenters. The van der Waals surface area contributed by atoms with Crippen molar-refractivity contribution in [1.82, 2.24) is 5.32 Å². The van der Waals surface area contributed by atoms with Gasteiger partial charge in [0, 0.05) is 30.1 Å². The van der Waals surface area contributed by atoms with Gasteiger partial charge in [-0.2, -0.15) is 0 Å². The standard InChI is InChI=1S/C31H43NO4/c1-20-26(32-19-21-9-11-23(34-5)12-10-21)18-27-30(2,3)13-8-14-31(27,4)28(20)29(33)22-15-24(35-6)17-25(16-22)36-7/h9-12,15-17,20,26-28,32H,8,13-14,18-19H2,1-7H3/t20-,26-,27+,28-,31+/m1/s1. The Balaban J connectivity index is 1.67. The van der Waals surface area contributed by atoms with E-state index in [1.807, 2.05) is 30.3 Å². The fraction of sp³-hybridized carbons (Fsp3) is 0.581. The summed E-state index contributed by atoms with van der Waals surface area (Å²) in [5.74, 6) is 2.96. The van der Waals surface area contributed by atoms with Crippen LogP contribution >= 0.6 is 0 Å². The molecule has 0 aliphatic heterocycles. The zero-order valence-corrected chi connectivity index (χ0v) is 23.0. The summed E-state index contributed by atoms with van der Waals surface area (Å²) in [7, 11) is 4.95. The number of Topliss-reactive ketones (excluding diaryl/α,β-unsaturated/α-hetero) is 1. The second-order valence-electron chi connectivity index (χ2n) is 11.8. The van der Waals surface area contributed by atoms with Crippen molar-refractivity contribution in [1.29, 1.82) is 0 Å². The molecular weight excluding hydrogens is 450 g/mol. The Labute approximate surface area is 216 Å². The van der Waals surface area contributed by atoms with E-state index in [1.54, 1.807) is 21.3 Å². The number of methoxy groups -OCH3 is 3. The highest BCUT2D eigenvalue weighted by Gasteiger charge is 2.58. The molecule has 5 nitrogen and oxygen atoms in total. The lowest BCUT2D eigenvalue weighted by Gasteiger charge is -2.60. The van der Waals surface area contributed by atoms with Crippen LogP contribution in [0.15, 0.2) is 42.5 Å². The summed E-state index contributed by atoms with van der Waals surface area (Å²) in [6, 6.07) is 14.1. The first-order valence-electron chi connectivity index (χ1n) is 13.3. The molecule has 2 aliphatic carbocycles. The van der Waals surface area contributed by atoms with Gasteiger partial charge in [0.05, 0.1) is 21.3 Å². The minimum Gasteiger partial charge on any atom is -0.497 e. The molecule has 0 aromatic heterocycles. The maximum absolute atomic E-state index is 14.4. The van der Waals surface area contributed by atoms with Crippen LogP contribution in [0.1, 0.15) is 69.3 Å². The van der Waals surface area contributed by atoms with Crippen LogP contribution < -0.4 is 19.5 Å². The second kappa shape index (κ2) is 10.5. The van der Waals surface area contributed by atoms with Crippen molar-refractivity contribution in [2.45, 2.75) is 66.0 Å². The number of hydrogen-bond donors (Lipinski definition) is 1. The third kappa shape index (κ3) is 5.00. The third-order valence-corrected chi connectivity index (χ3v) is 9.28. The summed E-state index contributed by atoms with van der Waals surface area (Å²) >= 11 is 0. The first kappa shape index (κ1) is 26.5. The Bertz CT molecular complexity index is 1040. The molecule has 0 amide bonds. The number of hydrogen-bond acceptors (Lipinski definition) is 5. The first-order valence-corrected chi connectivity index (χ1v) is 13.3. The molecular formula is C31H43NO4. The molecule has 196 valence electrons. The summed E-state index contributed by atoms with van der Waals surface area (Å²) < 4.78 is 16.3. The number of nitrogens with one attached hydrogen (secondary N) is 1. The number of carbonyl (C=O) groups is 1. The molecule has 0 heterocycles. The summed E-state index contributed by atoms with van der Waals surface area (Å²) in [4.78, 5) is 14.4. The van der Waals surface area contributed by atoms with E-state index in [0.717, 1.165) is 25.1 Å². The summed E-state index contributed by atoms with van der Waals surface area (Å²) in [5, 5.41) is 3.85. The van der Waals surface area contributed by atoms with E-state index in [1.165, 1.54) is 18.4 Å². The van der Waals surface area contributed by atoms with Crippen LogP contribution in [0.3, 0.4) is 0 Å². The van der Waals surface area contributed by atoms with Crippen LogP contribution in [0, 0.1) is 28.6 Å². The van der Waals surface area contributed by atoms with Gasteiger partial charge in [0.25, 0.3) is 0 Å².